The molecule has 0 unspecified atom stereocenters. The van der Waals surface area contributed by atoms with Gasteiger partial charge in [-0.2, -0.15) is 0 Å². The first-order valence-corrected chi connectivity index (χ1v) is 10.1. The minimum atomic E-state index is -0.242. The van der Waals surface area contributed by atoms with Gasteiger partial charge < -0.3 is 4.90 Å². The van der Waals surface area contributed by atoms with Crippen LogP contribution in [-0.2, 0) is 17.9 Å². The lowest BCUT2D eigenvalue weighted by Crippen LogP contribution is -2.33. The minimum absolute atomic E-state index is 0.242. The molecule has 0 atom stereocenters. The van der Waals surface area contributed by atoms with Crippen LogP contribution in [0, 0.1) is 11.6 Å². The molecule has 0 aliphatic carbocycles. The summed E-state index contributed by atoms with van der Waals surface area (Å²) in [6.45, 7) is 3.81. The van der Waals surface area contributed by atoms with Crippen molar-refractivity contribution in [3.05, 3.63) is 71.3 Å². The number of carbonyl (C=O) groups excluding carboxylic acids is 1. The highest BCUT2D eigenvalue weighted by Crippen LogP contribution is 2.14. The molecule has 1 heterocycles. The molecule has 1 amide bonds. The molecule has 28 heavy (non-hydrogen) atoms. The van der Waals surface area contributed by atoms with Crippen LogP contribution in [0.5, 0.6) is 0 Å². The van der Waals surface area contributed by atoms with Gasteiger partial charge in [-0.05, 0) is 54.7 Å². The Hall–Kier alpha value is -2.27. The van der Waals surface area contributed by atoms with Crippen molar-refractivity contribution in [1.82, 2.24) is 9.80 Å². The number of carbonyl (C=O) groups is 1. The lowest BCUT2D eigenvalue weighted by atomic mass is 10.1. The van der Waals surface area contributed by atoms with E-state index in [0.29, 0.717) is 19.5 Å². The first-order chi connectivity index (χ1) is 13.6. The van der Waals surface area contributed by atoms with Gasteiger partial charge in [0.1, 0.15) is 11.6 Å². The average Bonchev–Trinajstić information content (AvgIpc) is 2.90. The second-order valence-corrected chi connectivity index (χ2v) is 7.51. The predicted molar refractivity (Wildman–Crippen MR) is 107 cm³/mol. The van der Waals surface area contributed by atoms with Crippen molar-refractivity contribution in [2.24, 2.45) is 0 Å². The molecular weight excluding hydrogens is 358 g/mol. The van der Waals surface area contributed by atoms with Gasteiger partial charge in [-0.25, -0.2) is 8.78 Å². The number of likely N-dealkylation sites (tertiary alicyclic amines) is 1. The summed E-state index contributed by atoms with van der Waals surface area (Å²) in [5, 5.41) is 0. The van der Waals surface area contributed by atoms with E-state index in [1.807, 2.05) is 4.90 Å². The Morgan fingerprint density at radius 1 is 0.821 bits per heavy atom. The normalized spacial score (nSPS) is 15.1. The highest BCUT2D eigenvalue weighted by Gasteiger charge is 2.16. The largest absolute Gasteiger partial charge is 0.343 e. The van der Waals surface area contributed by atoms with Crippen LogP contribution in [0.15, 0.2) is 48.5 Å². The van der Waals surface area contributed by atoms with E-state index in [-0.39, 0.29) is 17.5 Å². The standard InChI is InChI=1S/C23H28F2N2O/c24-21-10-6-19(7-11-21)17-26(18-20-8-12-22(25)13-9-20)14-4-16-27-15-3-1-2-5-23(27)28/h6-13H,1-5,14-18H2. The summed E-state index contributed by atoms with van der Waals surface area (Å²) >= 11 is 0. The van der Waals surface area contributed by atoms with E-state index in [4.69, 9.17) is 0 Å². The number of halogens is 2. The minimum Gasteiger partial charge on any atom is -0.343 e. The third-order valence-corrected chi connectivity index (χ3v) is 5.21. The lowest BCUT2D eigenvalue weighted by molar-refractivity contribution is -0.130. The predicted octanol–water partition coefficient (Wildman–Crippen LogP) is 4.76. The van der Waals surface area contributed by atoms with Crippen molar-refractivity contribution in [1.29, 1.82) is 0 Å². The zero-order valence-corrected chi connectivity index (χ0v) is 16.2. The molecule has 2 aromatic carbocycles. The molecule has 1 aliphatic rings. The third kappa shape index (κ3) is 6.41. The molecule has 1 aliphatic heterocycles. The Bertz CT molecular complexity index is 699. The van der Waals surface area contributed by atoms with Gasteiger partial charge >= 0.3 is 0 Å². The highest BCUT2D eigenvalue weighted by atomic mass is 19.1. The summed E-state index contributed by atoms with van der Waals surface area (Å²) in [5.74, 6) is -0.219. The molecule has 2 aromatic rings. The van der Waals surface area contributed by atoms with E-state index in [0.717, 1.165) is 56.4 Å². The fraction of sp³-hybridized carbons (Fsp3) is 0.435. The van der Waals surface area contributed by atoms with Crippen LogP contribution in [0.2, 0.25) is 0 Å². The first-order valence-electron chi connectivity index (χ1n) is 10.1. The van der Waals surface area contributed by atoms with Crippen LogP contribution >= 0.6 is 0 Å². The number of rotatable bonds is 8. The van der Waals surface area contributed by atoms with E-state index >= 15 is 0 Å². The number of amides is 1. The monoisotopic (exact) mass is 386 g/mol. The van der Waals surface area contributed by atoms with Gasteiger partial charge in [0.2, 0.25) is 5.91 Å². The Morgan fingerprint density at radius 3 is 1.96 bits per heavy atom. The average molecular weight is 386 g/mol. The summed E-state index contributed by atoms with van der Waals surface area (Å²) < 4.78 is 26.4. The number of benzene rings is 2. The summed E-state index contributed by atoms with van der Waals surface area (Å²) in [6.07, 6.45) is 4.75. The molecule has 0 spiro atoms. The van der Waals surface area contributed by atoms with Crippen LogP contribution in [0.25, 0.3) is 0 Å². The second-order valence-electron chi connectivity index (χ2n) is 7.51. The lowest BCUT2D eigenvalue weighted by Gasteiger charge is -2.25. The molecule has 3 nitrogen and oxygen atoms in total. The third-order valence-electron chi connectivity index (χ3n) is 5.21. The Labute approximate surface area is 166 Å². The summed E-state index contributed by atoms with van der Waals surface area (Å²) in [6, 6.07) is 13.1. The molecule has 0 saturated carbocycles. The molecule has 5 heteroatoms. The van der Waals surface area contributed by atoms with Gasteiger partial charge in [0.05, 0.1) is 0 Å². The van der Waals surface area contributed by atoms with Crippen molar-refractivity contribution in [2.45, 2.75) is 45.2 Å². The van der Waals surface area contributed by atoms with Gasteiger partial charge in [-0.1, -0.05) is 30.7 Å². The van der Waals surface area contributed by atoms with E-state index < -0.39 is 0 Å². The van der Waals surface area contributed by atoms with Crippen molar-refractivity contribution in [3.63, 3.8) is 0 Å². The fourth-order valence-electron chi connectivity index (χ4n) is 3.67. The SMILES string of the molecule is O=C1CCCCCN1CCCN(Cc1ccc(F)cc1)Cc1ccc(F)cc1. The number of nitrogens with zero attached hydrogens (tertiary/aromatic N) is 2. The quantitative estimate of drug-likeness (QED) is 0.653. The maximum Gasteiger partial charge on any atom is 0.222 e. The summed E-state index contributed by atoms with van der Waals surface area (Å²) in [4.78, 5) is 16.4. The zero-order valence-electron chi connectivity index (χ0n) is 16.2. The maximum absolute atomic E-state index is 13.2. The van der Waals surface area contributed by atoms with Gasteiger partial charge in [0.15, 0.2) is 0 Å². The number of hydrogen-bond acceptors (Lipinski definition) is 2. The van der Waals surface area contributed by atoms with Crippen molar-refractivity contribution in [3.8, 4) is 0 Å². The Morgan fingerprint density at radius 2 is 1.39 bits per heavy atom. The fourth-order valence-corrected chi connectivity index (χ4v) is 3.67. The maximum atomic E-state index is 13.2. The first kappa shape index (κ1) is 20.5. The Balaban J connectivity index is 1.60. The van der Waals surface area contributed by atoms with E-state index in [1.54, 1.807) is 24.3 Å². The molecule has 0 bridgehead atoms. The van der Waals surface area contributed by atoms with E-state index in [1.165, 1.54) is 24.3 Å². The molecule has 1 fully saturated rings. The molecule has 150 valence electrons. The van der Waals surface area contributed by atoms with Gasteiger partial charge in [0.25, 0.3) is 0 Å². The van der Waals surface area contributed by atoms with Crippen molar-refractivity contribution < 1.29 is 13.6 Å². The van der Waals surface area contributed by atoms with Crippen molar-refractivity contribution >= 4 is 5.91 Å². The summed E-state index contributed by atoms with van der Waals surface area (Å²) in [7, 11) is 0. The molecule has 1 saturated heterocycles. The Kier molecular flexibility index (Phi) is 7.54. The second kappa shape index (κ2) is 10.3. The molecule has 0 N–H and O–H groups in total. The molecule has 0 radical (unpaired) electrons. The smallest absolute Gasteiger partial charge is 0.222 e. The molecule has 3 rings (SSSR count). The van der Waals surface area contributed by atoms with Crippen LogP contribution in [0.3, 0.4) is 0 Å². The van der Waals surface area contributed by atoms with Crippen LogP contribution in [0.4, 0.5) is 8.78 Å². The van der Waals surface area contributed by atoms with Crippen LogP contribution in [-0.4, -0.2) is 35.3 Å². The molecule has 0 aromatic heterocycles. The van der Waals surface area contributed by atoms with E-state index in [2.05, 4.69) is 4.90 Å². The van der Waals surface area contributed by atoms with Gasteiger partial charge in [-0.3, -0.25) is 9.69 Å². The van der Waals surface area contributed by atoms with Gasteiger partial charge in [0, 0.05) is 39.1 Å². The highest BCUT2D eigenvalue weighted by molar-refractivity contribution is 5.76. The zero-order chi connectivity index (χ0) is 19.8. The molecular formula is C23H28F2N2O. The summed E-state index contributed by atoms with van der Waals surface area (Å²) in [5.41, 5.74) is 2.07. The van der Waals surface area contributed by atoms with Crippen LogP contribution in [0.1, 0.15) is 43.2 Å². The van der Waals surface area contributed by atoms with Gasteiger partial charge in [-0.15, -0.1) is 0 Å². The van der Waals surface area contributed by atoms with E-state index in [9.17, 15) is 13.6 Å². The van der Waals surface area contributed by atoms with Crippen molar-refractivity contribution in [2.75, 3.05) is 19.6 Å². The topological polar surface area (TPSA) is 23.6 Å². The van der Waals surface area contributed by atoms with Crippen LogP contribution < -0.4 is 0 Å². The number of hydrogen-bond donors (Lipinski definition) is 0.